The third-order valence-electron chi connectivity index (χ3n) is 3.03. The summed E-state index contributed by atoms with van der Waals surface area (Å²) < 4.78 is 1.03. The molecular weight excluding hydrogens is 348 g/mol. The van der Waals surface area contributed by atoms with Gasteiger partial charge in [-0.2, -0.15) is 0 Å². The van der Waals surface area contributed by atoms with Gasteiger partial charge in [-0.1, -0.05) is 34.6 Å². The summed E-state index contributed by atoms with van der Waals surface area (Å²) >= 11 is 4.91. The molecule has 1 N–H and O–H groups in total. The highest BCUT2D eigenvalue weighted by atomic mass is 79.9. The average molecular weight is 365 g/mol. The van der Waals surface area contributed by atoms with Crippen molar-refractivity contribution >= 4 is 33.6 Å². The number of hydrogen-bond donors (Lipinski definition) is 1. The lowest BCUT2D eigenvalue weighted by Gasteiger charge is -2.13. The Hall–Kier alpha value is -1.33. The molecule has 2 aromatic rings. The Labute approximate surface area is 137 Å². The first kappa shape index (κ1) is 16.0. The average Bonchev–Trinajstić information content (AvgIpc) is 2.50. The maximum Gasteiger partial charge on any atom is 0.254 e. The van der Waals surface area contributed by atoms with Gasteiger partial charge in [0.1, 0.15) is 5.03 Å². The van der Waals surface area contributed by atoms with Gasteiger partial charge in [-0.25, -0.2) is 4.98 Å². The van der Waals surface area contributed by atoms with E-state index in [1.54, 1.807) is 12.3 Å². The van der Waals surface area contributed by atoms with E-state index in [2.05, 4.69) is 26.2 Å². The number of benzene rings is 1. The van der Waals surface area contributed by atoms with Crippen molar-refractivity contribution in [2.75, 3.05) is 0 Å². The van der Waals surface area contributed by atoms with Crippen molar-refractivity contribution in [3.05, 3.63) is 52.6 Å². The molecule has 0 aliphatic carbocycles. The molecule has 2 rings (SSSR count). The van der Waals surface area contributed by atoms with Crippen LogP contribution in [0.5, 0.6) is 0 Å². The number of hydrogen-bond acceptors (Lipinski definition) is 3. The summed E-state index contributed by atoms with van der Waals surface area (Å²) in [6, 6.07) is 11.7. The van der Waals surface area contributed by atoms with E-state index < -0.39 is 0 Å². The van der Waals surface area contributed by atoms with Crippen LogP contribution in [0.4, 0.5) is 0 Å². The number of pyridine rings is 1. The predicted molar refractivity (Wildman–Crippen MR) is 89.7 cm³/mol. The minimum atomic E-state index is -0.0722. The molecule has 5 heteroatoms. The smallest absolute Gasteiger partial charge is 0.254 e. The number of nitrogens with one attached hydrogen (secondary N) is 1. The summed E-state index contributed by atoms with van der Waals surface area (Å²) in [5.74, 6) is -0.0722. The van der Waals surface area contributed by atoms with Crippen LogP contribution in [0, 0.1) is 0 Å². The van der Waals surface area contributed by atoms with Crippen molar-refractivity contribution in [2.24, 2.45) is 0 Å². The number of aromatic nitrogens is 1. The van der Waals surface area contributed by atoms with E-state index in [1.165, 1.54) is 11.8 Å². The van der Waals surface area contributed by atoms with Crippen LogP contribution in [0.15, 0.2) is 57.0 Å². The topological polar surface area (TPSA) is 42.0 Å². The summed E-state index contributed by atoms with van der Waals surface area (Å²) in [5.41, 5.74) is 0.616. The van der Waals surface area contributed by atoms with Gasteiger partial charge in [0, 0.05) is 21.6 Å². The van der Waals surface area contributed by atoms with Gasteiger partial charge in [0.15, 0.2) is 0 Å². The van der Waals surface area contributed by atoms with E-state index in [-0.39, 0.29) is 11.9 Å². The van der Waals surface area contributed by atoms with Gasteiger partial charge in [0.05, 0.1) is 5.56 Å². The number of halogens is 1. The second kappa shape index (κ2) is 7.61. The van der Waals surface area contributed by atoms with Crippen LogP contribution in [0.2, 0.25) is 0 Å². The lowest BCUT2D eigenvalue weighted by molar-refractivity contribution is 0.0935. The van der Waals surface area contributed by atoms with Crippen LogP contribution in [-0.4, -0.2) is 16.9 Å². The summed E-state index contributed by atoms with van der Waals surface area (Å²) in [7, 11) is 0. The van der Waals surface area contributed by atoms with Gasteiger partial charge in [-0.3, -0.25) is 4.79 Å². The molecule has 0 fully saturated rings. The highest BCUT2D eigenvalue weighted by molar-refractivity contribution is 9.10. The van der Waals surface area contributed by atoms with E-state index in [4.69, 9.17) is 0 Å². The zero-order chi connectivity index (χ0) is 15.2. The Morgan fingerprint density at radius 2 is 2.05 bits per heavy atom. The molecule has 0 aliphatic rings. The third-order valence-corrected chi connectivity index (χ3v) is 4.59. The molecule has 21 heavy (non-hydrogen) atoms. The second-order valence-corrected chi connectivity index (χ2v) is 6.67. The van der Waals surface area contributed by atoms with Crippen LogP contribution in [-0.2, 0) is 0 Å². The fraction of sp³-hybridized carbons (Fsp3) is 0.250. The molecule has 0 saturated heterocycles. The second-order valence-electron chi connectivity index (χ2n) is 4.69. The molecule has 1 aromatic carbocycles. The summed E-state index contributed by atoms with van der Waals surface area (Å²) in [6.07, 6.45) is 2.61. The van der Waals surface area contributed by atoms with Crippen LogP contribution >= 0.6 is 27.7 Å². The molecule has 3 nitrogen and oxygen atoms in total. The van der Waals surface area contributed by atoms with E-state index in [1.807, 2.05) is 44.2 Å². The quantitative estimate of drug-likeness (QED) is 0.847. The Morgan fingerprint density at radius 3 is 2.71 bits per heavy atom. The Kier molecular flexibility index (Phi) is 5.82. The predicted octanol–water partition coefficient (Wildman–Crippen LogP) is 4.52. The van der Waals surface area contributed by atoms with Gasteiger partial charge in [-0.05, 0) is 49.7 Å². The van der Waals surface area contributed by atoms with Crippen LogP contribution < -0.4 is 5.32 Å². The SMILES string of the molecule is CC[C@H](C)NC(=O)c1cccnc1Sc1ccc(Br)cc1. The van der Waals surface area contributed by atoms with Crippen molar-refractivity contribution in [1.29, 1.82) is 0 Å². The summed E-state index contributed by atoms with van der Waals surface area (Å²) in [6.45, 7) is 4.04. The Bertz CT molecular complexity index is 616. The van der Waals surface area contributed by atoms with Gasteiger partial charge >= 0.3 is 0 Å². The number of amides is 1. The summed E-state index contributed by atoms with van der Waals surface area (Å²) in [5, 5.41) is 3.70. The molecular formula is C16H17BrN2OS. The van der Waals surface area contributed by atoms with Crippen LogP contribution in [0.3, 0.4) is 0 Å². The fourth-order valence-corrected chi connectivity index (χ4v) is 2.81. The molecule has 110 valence electrons. The Balaban J connectivity index is 2.20. The molecule has 0 radical (unpaired) electrons. The lowest BCUT2D eigenvalue weighted by Crippen LogP contribution is -2.32. The normalized spacial score (nSPS) is 12.0. The van der Waals surface area contributed by atoms with Gasteiger partial charge in [-0.15, -0.1) is 0 Å². The molecule has 1 atom stereocenters. The first-order valence-electron chi connectivity index (χ1n) is 6.79. The highest BCUT2D eigenvalue weighted by Crippen LogP contribution is 2.29. The standard InChI is InChI=1S/C16H17BrN2OS/c1-3-11(2)19-15(20)14-5-4-10-18-16(14)21-13-8-6-12(17)7-9-13/h4-11H,3H2,1-2H3,(H,19,20)/t11-/m0/s1. The van der Waals surface area contributed by atoms with E-state index in [0.717, 1.165) is 20.8 Å². The zero-order valence-electron chi connectivity index (χ0n) is 12.0. The van der Waals surface area contributed by atoms with Crippen molar-refractivity contribution in [2.45, 2.75) is 36.2 Å². The van der Waals surface area contributed by atoms with Crippen molar-refractivity contribution in [1.82, 2.24) is 10.3 Å². The first-order valence-corrected chi connectivity index (χ1v) is 8.40. The van der Waals surface area contributed by atoms with Crippen molar-refractivity contribution in [3.63, 3.8) is 0 Å². The molecule has 0 bridgehead atoms. The van der Waals surface area contributed by atoms with Crippen molar-refractivity contribution in [3.8, 4) is 0 Å². The fourth-order valence-electron chi connectivity index (χ4n) is 1.66. The largest absolute Gasteiger partial charge is 0.350 e. The monoisotopic (exact) mass is 364 g/mol. The molecule has 0 saturated carbocycles. The van der Waals surface area contributed by atoms with Gasteiger partial charge in [0.25, 0.3) is 5.91 Å². The highest BCUT2D eigenvalue weighted by Gasteiger charge is 2.14. The molecule has 0 spiro atoms. The minimum Gasteiger partial charge on any atom is -0.350 e. The van der Waals surface area contributed by atoms with Gasteiger partial charge in [0.2, 0.25) is 0 Å². The van der Waals surface area contributed by atoms with Gasteiger partial charge < -0.3 is 5.32 Å². The first-order chi connectivity index (χ1) is 10.1. The molecule has 1 heterocycles. The zero-order valence-corrected chi connectivity index (χ0v) is 14.4. The maximum atomic E-state index is 12.3. The molecule has 1 amide bonds. The molecule has 0 aliphatic heterocycles. The maximum absolute atomic E-state index is 12.3. The van der Waals surface area contributed by atoms with E-state index in [9.17, 15) is 4.79 Å². The molecule has 1 aromatic heterocycles. The number of carbonyl (C=O) groups is 1. The van der Waals surface area contributed by atoms with Crippen LogP contribution in [0.25, 0.3) is 0 Å². The summed E-state index contributed by atoms with van der Waals surface area (Å²) in [4.78, 5) is 17.7. The Morgan fingerprint density at radius 1 is 1.33 bits per heavy atom. The molecule has 0 unspecified atom stereocenters. The van der Waals surface area contributed by atoms with E-state index >= 15 is 0 Å². The number of rotatable bonds is 5. The number of carbonyl (C=O) groups excluding carboxylic acids is 1. The minimum absolute atomic E-state index is 0.0722. The van der Waals surface area contributed by atoms with Crippen LogP contribution in [0.1, 0.15) is 30.6 Å². The van der Waals surface area contributed by atoms with E-state index in [0.29, 0.717) is 5.56 Å². The third kappa shape index (κ3) is 4.58. The number of nitrogens with zero attached hydrogens (tertiary/aromatic N) is 1. The lowest BCUT2D eigenvalue weighted by atomic mass is 10.2. The van der Waals surface area contributed by atoms with Crippen molar-refractivity contribution < 1.29 is 4.79 Å².